The van der Waals surface area contributed by atoms with E-state index in [9.17, 15) is 0 Å². The van der Waals surface area contributed by atoms with Crippen LogP contribution in [0.15, 0.2) is 23.1 Å². The van der Waals surface area contributed by atoms with E-state index in [0.717, 1.165) is 31.0 Å². The summed E-state index contributed by atoms with van der Waals surface area (Å²) in [4.78, 5) is 3.79. The first-order valence-corrected chi connectivity index (χ1v) is 7.02. The number of nitrogens with two attached hydrogens (primary N) is 1. The van der Waals surface area contributed by atoms with Crippen LogP contribution < -0.4 is 15.4 Å². The number of hydrogen-bond donors (Lipinski definition) is 1. The number of hydrogen-bond acceptors (Lipinski definition) is 4. The number of ether oxygens (including phenoxy) is 1. The summed E-state index contributed by atoms with van der Waals surface area (Å²) in [7, 11) is 1.71. The molecule has 1 atom stereocenters. The Morgan fingerprint density at radius 2 is 2.35 bits per heavy atom. The summed E-state index contributed by atoms with van der Waals surface area (Å²) in [5, 5.41) is 0. The van der Waals surface area contributed by atoms with Gasteiger partial charge in [0.15, 0.2) is 0 Å². The van der Waals surface area contributed by atoms with E-state index in [2.05, 4.69) is 24.0 Å². The molecule has 1 aromatic carbocycles. The highest BCUT2D eigenvalue weighted by Crippen LogP contribution is 2.39. The third kappa shape index (κ3) is 2.69. The Kier molecular flexibility index (Phi) is 4.18. The number of thioether (sulfide) groups is 1. The molecular formula is C13H20N2OS. The van der Waals surface area contributed by atoms with Gasteiger partial charge in [-0.15, -0.1) is 11.8 Å². The Bertz CT molecular complexity index is 384. The van der Waals surface area contributed by atoms with Gasteiger partial charge in [0.25, 0.3) is 0 Å². The molecule has 3 nitrogen and oxygen atoms in total. The predicted octanol–water partition coefficient (Wildman–Crippen LogP) is 2.34. The molecule has 4 heteroatoms. The number of benzene rings is 1. The average Bonchev–Trinajstić information content (AvgIpc) is 2.37. The first-order chi connectivity index (χ1) is 8.26. The van der Waals surface area contributed by atoms with Gasteiger partial charge >= 0.3 is 0 Å². The zero-order valence-corrected chi connectivity index (χ0v) is 11.3. The number of methoxy groups -OCH3 is 1. The molecule has 0 spiro atoms. The van der Waals surface area contributed by atoms with Gasteiger partial charge in [-0.3, -0.25) is 0 Å². The second-order valence-electron chi connectivity index (χ2n) is 4.33. The van der Waals surface area contributed by atoms with Gasteiger partial charge in [0.2, 0.25) is 0 Å². The molecule has 0 fully saturated rings. The summed E-state index contributed by atoms with van der Waals surface area (Å²) in [5.41, 5.74) is 6.90. The second-order valence-corrected chi connectivity index (χ2v) is 5.39. The van der Waals surface area contributed by atoms with Crippen molar-refractivity contribution in [2.75, 3.05) is 30.9 Å². The number of anilines is 1. The van der Waals surface area contributed by atoms with Crippen molar-refractivity contribution in [2.24, 2.45) is 5.73 Å². The molecule has 0 bridgehead atoms. The van der Waals surface area contributed by atoms with E-state index in [0.29, 0.717) is 6.04 Å². The molecule has 2 N–H and O–H groups in total. The number of fused-ring (bicyclic) bond motifs is 1. The number of nitrogens with zero attached hydrogens (tertiary/aromatic N) is 1. The number of rotatable bonds is 4. The van der Waals surface area contributed by atoms with Crippen LogP contribution in [0.3, 0.4) is 0 Å². The monoisotopic (exact) mass is 252 g/mol. The zero-order valence-electron chi connectivity index (χ0n) is 10.5. The van der Waals surface area contributed by atoms with Crippen LogP contribution in [0, 0.1) is 0 Å². The molecule has 1 aromatic rings. The second kappa shape index (κ2) is 5.65. The minimum absolute atomic E-state index is 0.561. The summed E-state index contributed by atoms with van der Waals surface area (Å²) in [5.74, 6) is 2.07. The Balaban J connectivity index is 2.27. The first kappa shape index (κ1) is 12.6. The molecule has 0 saturated heterocycles. The predicted molar refractivity (Wildman–Crippen MR) is 74.2 cm³/mol. The van der Waals surface area contributed by atoms with E-state index in [1.165, 1.54) is 10.6 Å². The van der Waals surface area contributed by atoms with Gasteiger partial charge in [-0.2, -0.15) is 0 Å². The summed E-state index contributed by atoms with van der Waals surface area (Å²) < 4.78 is 5.31. The van der Waals surface area contributed by atoms with Crippen molar-refractivity contribution < 1.29 is 4.74 Å². The largest absolute Gasteiger partial charge is 0.497 e. The Morgan fingerprint density at radius 1 is 1.53 bits per heavy atom. The molecule has 1 aliphatic heterocycles. The van der Waals surface area contributed by atoms with Gasteiger partial charge in [-0.05, 0) is 32.0 Å². The van der Waals surface area contributed by atoms with Crippen LogP contribution in [0.5, 0.6) is 5.75 Å². The average molecular weight is 252 g/mol. The van der Waals surface area contributed by atoms with Gasteiger partial charge in [0.1, 0.15) is 5.75 Å². The Hall–Kier alpha value is -0.870. The lowest BCUT2D eigenvalue weighted by molar-refractivity contribution is 0.414. The van der Waals surface area contributed by atoms with E-state index in [4.69, 9.17) is 10.5 Å². The third-order valence-electron chi connectivity index (χ3n) is 3.09. The highest BCUT2D eigenvalue weighted by atomic mass is 32.2. The van der Waals surface area contributed by atoms with Crippen molar-refractivity contribution in [3.8, 4) is 5.75 Å². The smallest absolute Gasteiger partial charge is 0.121 e. The minimum Gasteiger partial charge on any atom is -0.497 e. The quantitative estimate of drug-likeness (QED) is 0.892. The van der Waals surface area contributed by atoms with Crippen molar-refractivity contribution in [2.45, 2.75) is 24.3 Å². The van der Waals surface area contributed by atoms with Crippen LogP contribution in [-0.2, 0) is 0 Å². The van der Waals surface area contributed by atoms with E-state index in [1.54, 1.807) is 7.11 Å². The third-order valence-corrected chi connectivity index (χ3v) is 4.40. The van der Waals surface area contributed by atoms with Gasteiger partial charge in [0, 0.05) is 29.3 Å². The van der Waals surface area contributed by atoms with Crippen LogP contribution in [-0.4, -0.2) is 32.0 Å². The van der Waals surface area contributed by atoms with Crippen LogP contribution in [0.4, 0.5) is 5.69 Å². The highest BCUT2D eigenvalue weighted by Gasteiger charge is 2.23. The molecule has 0 radical (unpaired) electrons. The van der Waals surface area contributed by atoms with Gasteiger partial charge in [-0.1, -0.05) is 0 Å². The molecule has 94 valence electrons. The van der Waals surface area contributed by atoms with Crippen molar-refractivity contribution in [3.05, 3.63) is 18.2 Å². The lowest BCUT2D eigenvalue weighted by Crippen LogP contribution is -2.39. The fourth-order valence-corrected chi connectivity index (χ4v) is 3.20. The molecule has 1 heterocycles. The Labute approximate surface area is 107 Å². The lowest BCUT2D eigenvalue weighted by Gasteiger charge is -2.36. The van der Waals surface area contributed by atoms with Crippen molar-refractivity contribution in [1.82, 2.24) is 0 Å². The highest BCUT2D eigenvalue weighted by molar-refractivity contribution is 7.99. The van der Waals surface area contributed by atoms with Crippen molar-refractivity contribution in [1.29, 1.82) is 0 Å². The van der Waals surface area contributed by atoms with Crippen LogP contribution in [0.2, 0.25) is 0 Å². The Morgan fingerprint density at radius 3 is 3.06 bits per heavy atom. The fraction of sp³-hybridized carbons (Fsp3) is 0.538. The minimum atomic E-state index is 0.561. The molecular weight excluding hydrogens is 232 g/mol. The topological polar surface area (TPSA) is 38.5 Å². The van der Waals surface area contributed by atoms with Gasteiger partial charge in [-0.25, -0.2) is 0 Å². The maximum Gasteiger partial charge on any atom is 0.121 e. The summed E-state index contributed by atoms with van der Waals surface area (Å²) >= 11 is 1.92. The molecule has 0 aliphatic carbocycles. The van der Waals surface area contributed by atoms with Crippen LogP contribution in [0.1, 0.15) is 13.3 Å². The van der Waals surface area contributed by atoms with E-state index in [-0.39, 0.29) is 0 Å². The van der Waals surface area contributed by atoms with Gasteiger partial charge in [0.05, 0.1) is 12.8 Å². The standard InChI is InChI=1S/C13H20N2OS/c1-10-9-17-13-5-4-11(16-2)8-12(13)15(10)7-3-6-14/h4-5,8,10H,3,6-7,9,14H2,1-2H3. The van der Waals surface area contributed by atoms with E-state index >= 15 is 0 Å². The van der Waals surface area contributed by atoms with E-state index < -0.39 is 0 Å². The maximum atomic E-state index is 5.61. The SMILES string of the molecule is COc1ccc2c(c1)N(CCCN)C(C)CS2. The lowest BCUT2D eigenvalue weighted by atomic mass is 10.2. The summed E-state index contributed by atoms with van der Waals surface area (Å²) in [6, 6.07) is 6.88. The molecule has 0 amide bonds. The maximum absolute atomic E-state index is 5.61. The molecule has 2 rings (SSSR count). The van der Waals surface area contributed by atoms with Crippen molar-refractivity contribution in [3.63, 3.8) is 0 Å². The van der Waals surface area contributed by atoms with Crippen molar-refractivity contribution >= 4 is 17.4 Å². The fourth-order valence-electron chi connectivity index (χ4n) is 2.11. The molecule has 1 unspecified atom stereocenters. The van der Waals surface area contributed by atoms with Gasteiger partial charge < -0.3 is 15.4 Å². The molecule has 17 heavy (non-hydrogen) atoms. The zero-order chi connectivity index (χ0) is 12.3. The molecule has 0 saturated carbocycles. The summed E-state index contributed by atoms with van der Waals surface area (Å²) in [6.45, 7) is 4.04. The molecule has 1 aliphatic rings. The first-order valence-electron chi connectivity index (χ1n) is 6.04. The molecule has 0 aromatic heterocycles. The summed E-state index contributed by atoms with van der Waals surface area (Å²) in [6.07, 6.45) is 1.03. The van der Waals surface area contributed by atoms with Crippen LogP contribution >= 0.6 is 11.8 Å². The van der Waals surface area contributed by atoms with E-state index in [1.807, 2.05) is 17.8 Å². The normalized spacial score (nSPS) is 19.0. The van der Waals surface area contributed by atoms with Crippen LogP contribution in [0.25, 0.3) is 0 Å².